The van der Waals surface area contributed by atoms with Crippen LogP contribution in [0.3, 0.4) is 0 Å². The van der Waals surface area contributed by atoms with Gasteiger partial charge in [0.15, 0.2) is 0 Å². The molecule has 0 aromatic heterocycles. The summed E-state index contributed by atoms with van der Waals surface area (Å²) in [4.78, 5) is 23.0. The fraction of sp³-hybridized carbons (Fsp3) is 0.600. The van der Waals surface area contributed by atoms with Crippen molar-refractivity contribution in [3.05, 3.63) is 12.2 Å². The van der Waals surface area contributed by atoms with Crippen LogP contribution in [0.15, 0.2) is 12.2 Å². The minimum Gasteiger partial charge on any atom is -0.478 e. The molecule has 78 valence electrons. The molecule has 1 amide bonds. The van der Waals surface area contributed by atoms with E-state index in [4.69, 9.17) is 5.11 Å². The van der Waals surface area contributed by atoms with Crippen LogP contribution in [0.1, 0.15) is 19.3 Å². The van der Waals surface area contributed by atoms with E-state index in [1.54, 1.807) is 11.9 Å². The SMILES string of the molecule is CN(CC1CCC1)C(=O)C=CC(=O)O. The van der Waals surface area contributed by atoms with E-state index < -0.39 is 5.97 Å². The maximum absolute atomic E-state index is 11.3. The van der Waals surface area contributed by atoms with E-state index in [0.717, 1.165) is 18.7 Å². The van der Waals surface area contributed by atoms with Gasteiger partial charge in [0, 0.05) is 25.7 Å². The first kappa shape index (κ1) is 10.8. The van der Waals surface area contributed by atoms with Crippen LogP contribution in [-0.2, 0) is 9.59 Å². The van der Waals surface area contributed by atoms with Crippen LogP contribution in [0, 0.1) is 5.92 Å². The molecule has 1 fully saturated rings. The molecule has 1 aliphatic carbocycles. The minimum atomic E-state index is -1.09. The highest BCUT2D eigenvalue weighted by atomic mass is 16.4. The summed E-state index contributed by atoms with van der Waals surface area (Å²) in [6.07, 6.45) is 5.58. The molecule has 0 atom stereocenters. The molecule has 1 aliphatic rings. The van der Waals surface area contributed by atoms with Gasteiger partial charge >= 0.3 is 5.97 Å². The lowest BCUT2D eigenvalue weighted by atomic mass is 9.85. The molecule has 1 rings (SSSR count). The molecule has 0 bridgehead atoms. The molecule has 0 aliphatic heterocycles. The lowest BCUT2D eigenvalue weighted by Gasteiger charge is -2.29. The van der Waals surface area contributed by atoms with E-state index in [1.807, 2.05) is 0 Å². The van der Waals surface area contributed by atoms with Gasteiger partial charge < -0.3 is 10.0 Å². The van der Waals surface area contributed by atoms with Crippen LogP contribution >= 0.6 is 0 Å². The second kappa shape index (κ2) is 4.79. The first-order valence-electron chi connectivity index (χ1n) is 4.75. The summed E-state index contributed by atoms with van der Waals surface area (Å²) in [5.41, 5.74) is 0. The maximum atomic E-state index is 11.3. The molecule has 0 spiro atoms. The molecule has 0 aromatic carbocycles. The van der Waals surface area contributed by atoms with Crippen molar-refractivity contribution < 1.29 is 14.7 Å². The summed E-state index contributed by atoms with van der Waals surface area (Å²) >= 11 is 0. The Kier molecular flexibility index (Phi) is 3.68. The number of aliphatic carboxylic acids is 1. The van der Waals surface area contributed by atoms with Gasteiger partial charge in [-0.3, -0.25) is 4.79 Å². The average Bonchev–Trinajstić information content (AvgIpc) is 2.06. The number of rotatable bonds is 4. The third-order valence-corrected chi connectivity index (χ3v) is 2.50. The highest BCUT2D eigenvalue weighted by Gasteiger charge is 2.20. The van der Waals surface area contributed by atoms with Crippen LogP contribution in [0.25, 0.3) is 0 Å². The molecule has 0 saturated heterocycles. The highest BCUT2D eigenvalue weighted by Crippen LogP contribution is 2.26. The van der Waals surface area contributed by atoms with Gasteiger partial charge in [0.05, 0.1) is 0 Å². The fourth-order valence-corrected chi connectivity index (χ4v) is 1.42. The number of nitrogens with zero attached hydrogens (tertiary/aromatic N) is 1. The second-order valence-electron chi connectivity index (χ2n) is 3.69. The van der Waals surface area contributed by atoms with Crippen LogP contribution in [0.5, 0.6) is 0 Å². The zero-order valence-electron chi connectivity index (χ0n) is 8.27. The Labute approximate surface area is 83.2 Å². The molecule has 0 unspecified atom stereocenters. The molecular formula is C10H15NO3. The Balaban J connectivity index is 2.31. The molecule has 14 heavy (non-hydrogen) atoms. The van der Waals surface area contributed by atoms with E-state index in [9.17, 15) is 9.59 Å². The number of carboxylic acids is 1. The van der Waals surface area contributed by atoms with Gasteiger partial charge in [0.25, 0.3) is 0 Å². The zero-order valence-corrected chi connectivity index (χ0v) is 8.27. The highest BCUT2D eigenvalue weighted by molar-refractivity contribution is 5.93. The largest absolute Gasteiger partial charge is 0.478 e. The van der Waals surface area contributed by atoms with Gasteiger partial charge in [0.2, 0.25) is 5.91 Å². The monoisotopic (exact) mass is 197 g/mol. The normalized spacial score (nSPS) is 16.6. The molecule has 0 heterocycles. The van der Waals surface area contributed by atoms with E-state index in [-0.39, 0.29) is 5.91 Å². The van der Waals surface area contributed by atoms with Gasteiger partial charge in [-0.05, 0) is 18.8 Å². The van der Waals surface area contributed by atoms with Crippen LogP contribution < -0.4 is 0 Å². The van der Waals surface area contributed by atoms with Crippen molar-refractivity contribution >= 4 is 11.9 Å². The number of carbonyl (C=O) groups is 2. The van der Waals surface area contributed by atoms with Gasteiger partial charge in [-0.15, -0.1) is 0 Å². The quantitative estimate of drug-likeness (QED) is 0.681. The van der Waals surface area contributed by atoms with E-state index >= 15 is 0 Å². The Bertz CT molecular complexity index is 256. The Morgan fingerprint density at radius 1 is 1.43 bits per heavy atom. The Morgan fingerprint density at radius 2 is 2.07 bits per heavy atom. The summed E-state index contributed by atoms with van der Waals surface area (Å²) in [5.74, 6) is -0.711. The van der Waals surface area contributed by atoms with Gasteiger partial charge in [-0.25, -0.2) is 4.79 Å². The Morgan fingerprint density at radius 3 is 2.50 bits per heavy atom. The second-order valence-corrected chi connectivity index (χ2v) is 3.69. The lowest BCUT2D eigenvalue weighted by Crippen LogP contribution is -2.33. The molecule has 0 radical (unpaired) electrons. The number of hydrogen-bond acceptors (Lipinski definition) is 2. The van der Waals surface area contributed by atoms with E-state index in [1.165, 1.54) is 19.3 Å². The molecular weight excluding hydrogens is 182 g/mol. The predicted octanol–water partition coefficient (Wildman–Crippen LogP) is 0.886. The fourth-order valence-electron chi connectivity index (χ4n) is 1.42. The van der Waals surface area contributed by atoms with Crippen LogP contribution in [-0.4, -0.2) is 35.5 Å². The Hall–Kier alpha value is -1.32. The lowest BCUT2D eigenvalue weighted by molar-refractivity contribution is -0.132. The molecule has 1 N–H and O–H groups in total. The number of carbonyl (C=O) groups excluding carboxylic acids is 1. The van der Waals surface area contributed by atoms with E-state index in [2.05, 4.69) is 0 Å². The molecule has 0 aromatic rings. The van der Waals surface area contributed by atoms with Crippen LogP contribution in [0.4, 0.5) is 0 Å². The van der Waals surface area contributed by atoms with Gasteiger partial charge in [0.1, 0.15) is 0 Å². The maximum Gasteiger partial charge on any atom is 0.328 e. The standard InChI is InChI=1S/C10H15NO3/c1-11(7-8-3-2-4-8)9(12)5-6-10(13)14/h5-6,8H,2-4,7H2,1H3,(H,13,14). The summed E-state index contributed by atoms with van der Waals surface area (Å²) in [5, 5.41) is 8.33. The van der Waals surface area contributed by atoms with Crippen molar-refractivity contribution in [3.8, 4) is 0 Å². The zero-order chi connectivity index (χ0) is 10.6. The average molecular weight is 197 g/mol. The topological polar surface area (TPSA) is 57.6 Å². The smallest absolute Gasteiger partial charge is 0.328 e. The number of likely N-dealkylation sites (N-methyl/N-ethyl adjacent to an activating group) is 1. The van der Waals surface area contributed by atoms with Crippen molar-refractivity contribution in [1.82, 2.24) is 4.90 Å². The van der Waals surface area contributed by atoms with E-state index in [0.29, 0.717) is 5.92 Å². The third-order valence-electron chi connectivity index (χ3n) is 2.50. The first-order valence-corrected chi connectivity index (χ1v) is 4.75. The number of amides is 1. The summed E-state index contributed by atoms with van der Waals surface area (Å²) in [6.45, 7) is 0.739. The summed E-state index contributed by atoms with van der Waals surface area (Å²) in [6, 6.07) is 0. The molecule has 1 saturated carbocycles. The number of carboxylic acid groups (broad SMARTS) is 1. The number of hydrogen-bond donors (Lipinski definition) is 1. The summed E-state index contributed by atoms with van der Waals surface area (Å²) < 4.78 is 0. The molecule has 4 heteroatoms. The third kappa shape index (κ3) is 3.20. The van der Waals surface area contributed by atoms with Crippen molar-refractivity contribution in [1.29, 1.82) is 0 Å². The van der Waals surface area contributed by atoms with Gasteiger partial charge in [-0.2, -0.15) is 0 Å². The minimum absolute atomic E-state index is 0.237. The van der Waals surface area contributed by atoms with Crippen molar-refractivity contribution in [2.24, 2.45) is 5.92 Å². The molecule has 4 nitrogen and oxygen atoms in total. The van der Waals surface area contributed by atoms with Crippen LogP contribution in [0.2, 0.25) is 0 Å². The van der Waals surface area contributed by atoms with Crippen molar-refractivity contribution in [3.63, 3.8) is 0 Å². The summed E-state index contributed by atoms with van der Waals surface area (Å²) in [7, 11) is 1.70. The predicted molar refractivity (Wildman–Crippen MR) is 51.8 cm³/mol. The van der Waals surface area contributed by atoms with Crippen molar-refractivity contribution in [2.45, 2.75) is 19.3 Å². The first-order chi connectivity index (χ1) is 6.59. The van der Waals surface area contributed by atoms with Crippen molar-refractivity contribution in [2.75, 3.05) is 13.6 Å². The van der Waals surface area contributed by atoms with Gasteiger partial charge in [-0.1, -0.05) is 6.42 Å².